The predicted molar refractivity (Wildman–Crippen MR) is 79.7 cm³/mol. The van der Waals surface area contributed by atoms with E-state index in [9.17, 15) is 4.79 Å². The Balaban J connectivity index is 2.48. The highest BCUT2D eigenvalue weighted by atomic mass is 16.5. The number of ketones is 1. The van der Waals surface area contributed by atoms with Crippen LogP contribution in [0.4, 0.5) is 0 Å². The van der Waals surface area contributed by atoms with E-state index < -0.39 is 0 Å². The molecule has 1 rings (SSSR count). The number of ether oxygens (including phenoxy) is 1. The summed E-state index contributed by atoms with van der Waals surface area (Å²) in [7, 11) is 0. The zero-order chi connectivity index (χ0) is 14.3. The van der Waals surface area contributed by atoms with Crippen LogP contribution in [0.2, 0.25) is 0 Å². The van der Waals surface area contributed by atoms with Gasteiger partial charge in [-0.3, -0.25) is 4.79 Å². The van der Waals surface area contributed by atoms with Crippen LogP contribution in [-0.4, -0.2) is 12.4 Å². The summed E-state index contributed by atoms with van der Waals surface area (Å²) in [5, 5.41) is 0. The Labute approximate surface area is 117 Å². The monoisotopic (exact) mass is 262 g/mol. The lowest BCUT2D eigenvalue weighted by molar-refractivity contribution is -0.121. The van der Waals surface area contributed by atoms with Crippen molar-refractivity contribution in [3.63, 3.8) is 0 Å². The zero-order valence-electron chi connectivity index (χ0n) is 12.7. The highest BCUT2D eigenvalue weighted by Crippen LogP contribution is 2.19. The van der Waals surface area contributed by atoms with E-state index in [2.05, 4.69) is 26.0 Å². The highest BCUT2D eigenvalue weighted by Gasteiger charge is 2.07. The molecule has 0 aromatic heterocycles. The van der Waals surface area contributed by atoms with E-state index in [0.717, 1.165) is 31.6 Å². The van der Waals surface area contributed by atoms with Crippen LogP contribution in [0.15, 0.2) is 18.2 Å². The summed E-state index contributed by atoms with van der Waals surface area (Å²) in [6.45, 7) is 8.91. The van der Waals surface area contributed by atoms with Crippen LogP contribution in [0.3, 0.4) is 0 Å². The van der Waals surface area contributed by atoms with Crippen molar-refractivity contribution in [2.45, 2.75) is 53.4 Å². The summed E-state index contributed by atoms with van der Waals surface area (Å²) >= 11 is 0. The zero-order valence-corrected chi connectivity index (χ0v) is 12.7. The minimum atomic E-state index is 0.158. The van der Waals surface area contributed by atoms with Crippen molar-refractivity contribution in [1.29, 1.82) is 0 Å². The third-order valence-electron chi connectivity index (χ3n) is 3.30. The Kier molecular flexibility index (Phi) is 6.61. The number of carbonyl (C=O) groups is 1. The first-order valence-corrected chi connectivity index (χ1v) is 7.29. The molecule has 0 unspecified atom stereocenters. The number of Topliss-reactive ketones (excluding diaryl/α,β-unsaturated/α-hetero) is 1. The van der Waals surface area contributed by atoms with Gasteiger partial charge in [-0.1, -0.05) is 26.8 Å². The van der Waals surface area contributed by atoms with Crippen molar-refractivity contribution in [2.24, 2.45) is 5.92 Å². The molecule has 1 aromatic carbocycles. The molecule has 2 heteroatoms. The average molecular weight is 262 g/mol. The molecule has 2 nitrogen and oxygen atoms in total. The van der Waals surface area contributed by atoms with Gasteiger partial charge in [0.1, 0.15) is 11.5 Å². The van der Waals surface area contributed by atoms with Crippen LogP contribution < -0.4 is 4.74 Å². The average Bonchev–Trinajstić information content (AvgIpc) is 2.38. The Morgan fingerprint density at radius 3 is 2.63 bits per heavy atom. The fourth-order valence-electron chi connectivity index (χ4n) is 2.00. The lowest BCUT2D eigenvalue weighted by atomic mass is 9.98. The lowest BCUT2D eigenvalue weighted by Gasteiger charge is -2.10. The van der Waals surface area contributed by atoms with Gasteiger partial charge < -0.3 is 4.74 Å². The molecule has 0 saturated carbocycles. The summed E-state index contributed by atoms with van der Waals surface area (Å²) in [5.74, 6) is 1.47. The number of hydrogen-bond donors (Lipinski definition) is 0. The van der Waals surface area contributed by atoms with Crippen LogP contribution in [0, 0.1) is 12.8 Å². The standard InChI is InChI=1S/C17H26O2/c1-5-11-19-16-10-9-15(14(4)12-16)7-6-8-17(18)13(2)3/h9-10,12-13H,5-8,11H2,1-4H3. The van der Waals surface area contributed by atoms with Gasteiger partial charge in [0.2, 0.25) is 0 Å². The van der Waals surface area contributed by atoms with Crippen LogP contribution in [-0.2, 0) is 11.2 Å². The Bertz CT molecular complexity index is 408. The van der Waals surface area contributed by atoms with E-state index in [-0.39, 0.29) is 5.92 Å². The van der Waals surface area contributed by atoms with Gasteiger partial charge in [0, 0.05) is 12.3 Å². The molecule has 0 spiro atoms. The van der Waals surface area contributed by atoms with Crippen molar-refractivity contribution in [3.8, 4) is 5.75 Å². The molecule has 0 N–H and O–H groups in total. The van der Waals surface area contributed by atoms with Gasteiger partial charge in [0.15, 0.2) is 0 Å². The summed E-state index contributed by atoms with van der Waals surface area (Å²) in [4.78, 5) is 11.6. The quantitative estimate of drug-likeness (QED) is 0.697. The molecular weight excluding hydrogens is 236 g/mol. The van der Waals surface area contributed by atoms with E-state index in [1.165, 1.54) is 11.1 Å². The lowest BCUT2D eigenvalue weighted by Crippen LogP contribution is -2.07. The first-order valence-electron chi connectivity index (χ1n) is 7.29. The van der Waals surface area contributed by atoms with Gasteiger partial charge in [-0.05, 0) is 49.4 Å². The number of rotatable bonds is 8. The van der Waals surface area contributed by atoms with Crippen LogP contribution in [0.1, 0.15) is 51.2 Å². The van der Waals surface area contributed by atoms with Crippen molar-refractivity contribution in [1.82, 2.24) is 0 Å². The molecule has 0 radical (unpaired) electrons. The van der Waals surface area contributed by atoms with E-state index in [1.807, 2.05) is 19.9 Å². The maximum atomic E-state index is 11.6. The van der Waals surface area contributed by atoms with Gasteiger partial charge >= 0.3 is 0 Å². The maximum Gasteiger partial charge on any atom is 0.135 e. The van der Waals surface area contributed by atoms with Gasteiger partial charge in [-0.15, -0.1) is 0 Å². The molecule has 19 heavy (non-hydrogen) atoms. The van der Waals surface area contributed by atoms with Gasteiger partial charge in [-0.25, -0.2) is 0 Å². The summed E-state index contributed by atoms with van der Waals surface area (Å²) < 4.78 is 5.61. The van der Waals surface area contributed by atoms with Crippen LogP contribution >= 0.6 is 0 Å². The minimum absolute atomic E-state index is 0.158. The van der Waals surface area contributed by atoms with Crippen LogP contribution in [0.25, 0.3) is 0 Å². The molecule has 0 aliphatic heterocycles. The van der Waals surface area contributed by atoms with Gasteiger partial charge in [-0.2, -0.15) is 0 Å². The third kappa shape index (κ3) is 5.46. The second kappa shape index (κ2) is 7.98. The van der Waals surface area contributed by atoms with Crippen molar-refractivity contribution in [3.05, 3.63) is 29.3 Å². The molecule has 0 aliphatic rings. The number of hydrogen-bond acceptors (Lipinski definition) is 2. The largest absolute Gasteiger partial charge is 0.494 e. The SMILES string of the molecule is CCCOc1ccc(CCCC(=O)C(C)C)c(C)c1. The predicted octanol–water partition coefficient (Wildman–Crippen LogP) is 4.33. The molecule has 0 fully saturated rings. The number of carbonyl (C=O) groups excluding carboxylic acids is 1. The summed E-state index contributed by atoms with van der Waals surface area (Å²) in [6, 6.07) is 6.25. The molecular formula is C17H26O2. The Morgan fingerprint density at radius 2 is 2.05 bits per heavy atom. The van der Waals surface area contributed by atoms with E-state index in [1.54, 1.807) is 0 Å². The smallest absolute Gasteiger partial charge is 0.135 e. The molecule has 0 saturated heterocycles. The normalized spacial score (nSPS) is 10.8. The van der Waals surface area contributed by atoms with Crippen molar-refractivity contribution >= 4 is 5.78 Å². The molecule has 0 aliphatic carbocycles. The summed E-state index contributed by atoms with van der Waals surface area (Å²) in [5.41, 5.74) is 2.58. The maximum absolute atomic E-state index is 11.6. The molecule has 1 aromatic rings. The highest BCUT2D eigenvalue weighted by molar-refractivity contribution is 5.80. The van der Waals surface area contributed by atoms with Crippen molar-refractivity contribution in [2.75, 3.05) is 6.61 Å². The molecule has 0 amide bonds. The molecule has 0 bridgehead atoms. The molecule has 106 valence electrons. The minimum Gasteiger partial charge on any atom is -0.494 e. The Morgan fingerprint density at radius 1 is 1.32 bits per heavy atom. The topological polar surface area (TPSA) is 26.3 Å². The second-order valence-electron chi connectivity index (χ2n) is 5.41. The number of aryl methyl sites for hydroxylation is 2. The van der Waals surface area contributed by atoms with Gasteiger partial charge in [0.05, 0.1) is 6.61 Å². The number of benzene rings is 1. The van der Waals surface area contributed by atoms with Gasteiger partial charge in [0.25, 0.3) is 0 Å². The molecule has 0 heterocycles. The Hall–Kier alpha value is -1.31. The fraction of sp³-hybridized carbons (Fsp3) is 0.588. The first-order chi connectivity index (χ1) is 9.04. The van der Waals surface area contributed by atoms with E-state index >= 15 is 0 Å². The van der Waals surface area contributed by atoms with Crippen LogP contribution in [0.5, 0.6) is 5.75 Å². The third-order valence-corrected chi connectivity index (χ3v) is 3.30. The van der Waals surface area contributed by atoms with Crippen molar-refractivity contribution < 1.29 is 9.53 Å². The fourth-order valence-corrected chi connectivity index (χ4v) is 2.00. The van der Waals surface area contributed by atoms with E-state index in [4.69, 9.17) is 4.74 Å². The first kappa shape index (κ1) is 15.7. The molecule has 0 atom stereocenters. The summed E-state index contributed by atoms with van der Waals surface area (Å²) in [6.07, 6.45) is 3.62. The van der Waals surface area contributed by atoms with E-state index in [0.29, 0.717) is 12.2 Å². The second-order valence-corrected chi connectivity index (χ2v) is 5.41.